The van der Waals surface area contributed by atoms with Crippen LogP contribution in [0.1, 0.15) is 51.4 Å². The van der Waals surface area contributed by atoms with Crippen LogP contribution in [0.25, 0.3) is 0 Å². The van der Waals surface area contributed by atoms with Crippen molar-refractivity contribution in [3.05, 3.63) is 0 Å². The zero-order valence-corrected chi connectivity index (χ0v) is 12.4. The predicted molar refractivity (Wildman–Crippen MR) is 78.1 cm³/mol. The zero-order valence-electron chi connectivity index (χ0n) is 12.4. The molecule has 0 aliphatic heterocycles. The highest BCUT2D eigenvalue weighted by atomic mass is 16.5. The third kappa shape index (κ3) is 2.98. The predicted octanol–water partition coefficient (Wildman–Crippen LogP) is 2.39. The van der Waals surface area contributed by atoms with Gasteiger partial charge >= 0.3 is 0 Å². The minimum Gasteiger partial charge on any atom is -0.383 e. The van der Waals surface area contributed by atoms with Crippen LogP contribution in [-0.4, -0.2) is 43.3 Å². The van der Waals surface area contributed by atoms with Crippen molar-refractivity contribution in [1.82, 2.24) is 4.90 Å². The number of rotatable bonds is 7. The van der Waals surface area contributed by atoms with E-state index < -0.39 is 0 Å². The van der Waals surface area contributed by atoms with Crippen LogP contribution in [0.15, 0.2) is 0 Å². The van der Waals surface area contributed by atoms with Crippen LogP contribution in [0.5, 0.6) is 0 Å². The Hall–Kier alpha value is -0.120. The summed E-state index contributed by atoms with van der Waals surface area (Å²) in [5.41, 5.74) is 6.57. The first-order valence-corrected chi connectivity index (χ1v) is 8.25. The van der Waals surface area contributed by atoms with E-state index in [0.29, 0.717) is 5.54 Å². The molecule has 0 radical (unpaired) electrons. The minimum atomic E-state index is 0.297. The molecule has 3 fully saturated rings. The Morgan fingerprint density at radius 2 is 1.95 bits per heavy atom. The van der Waals surface area contributed by atoms with E-state index in [-0.39, 0.29) is 0 Å². The van der Waals surface area contributed by atoms with Gasteiger partial charge in [0, 0.05) is 31.8 Å². The quantitative estimate of drug-likeness (QED) is 0.769. The van der Waals surface area contributed by atoms with E-state index in [2.05, 4.69) is 4.90 Å². The molecular formula is C16H30N2O. The fourth-order valence-electron chi connectivity index (χ4n) is 4.30. The molecule has 0 spiro atoms. The summed E-state index contributed by atoms with van der Waals surface area (Å²) in [6.07, 6.45) is 11.2. The molecule has 2 unspecified atom stereocenters. The van der Waals surface area contributed by atoms with Crippen LogP contribution in [0.3, 0.4) is 0 Å². The number of nitrogens with zero attached hydrogens (tertiary/aromatic N) is 1. The average molecular weight is 266 g/mol. The number of hydrogen-bond donors (Lipinski definition) is 1. The summed E-state index contributed by atoms with van der Waals surface area (Å²) in [7, 11) is 1.81. The number of hydrogen-bond acceptors (Lipinski definition) is 3. The van der Waals surface area contributed by atoms with Gasteiger partial charge in [0.25, 0.3) is 0 Å². The van der Waals surface area contributed by atoms with Gasteiger partial charge in [-0.1, -0.05) is 12.8 Å². The first-order valence-electron chi connectivity index (χ1n) is 8.25. The first-order chi connectivity index (χ1) is 9.29. The third-order valence-corrected chi connectivity index (χ3v) is 5.66. The molecule has 2 atom stereocenters. The SMILES string of the molecule is COCCN(C1CC1)C1(CN)CCCC(C2CC2)C1. The Morgan fingerprint density at radius 3 is 2.53 bits per heavy atom. The molecule has 0 aromatic rings. The van der Waals surface area contributed by atoms with E-state index in [9.17, 15) is 0 Å². The van der Waals surface area contributed by atoms with Gasteiger partial charge in [0.2, 0.25) is 0 Å². The molecule has 3 heteroatoms. The Balaban J connectivity index is 1.70. The lowest BCUT2D eigenvalue weighted by Gasteiger charge is -2.49. The Kier molecular flexibility index (Phi) is 4.16. The summed E-state index contributed by atoms with van der Waals surface area (Å²) in [5, 5.41) is 0. The molecule has 0 bridgehead atoms. The summed E-state index contributed by atoms with van der Waals surface area (Å²) in [5.74, 6) is 2.00. The van der Waals surface area contributed by atoms with E-state index in [1.807, 2.05) is 7.11 Å². The third-order valence-electron chi connectivity index (χ3n) is 5.66. The lowest BCUT2D eigenvalue weighted by molar-refractivity contribution is 0.00712. The van der Waals surface area contributed by atoms with Gasteiger partial charge in [-0.25, -0.2) is 0 Å². The van der Waals surface area contributed by atoms with E-state index in [1.54, 1.807) is 0 Å². The second-order valence-electron chi connectivity index (χ2n) is 7.04. The number of methoxy groups -OCH3 is 1. The van der Waals surface area contributed by atoms with E-state index in [1.165, 1.54) is 51.4 Å². The molecule has 3 rings (SSSR count). The molecule has 19 heavy (non-hydrogen) atoms. The van der Waals surface area contributed by atoms with Crippen LogP contribution < -0.4 is 5.73 Å². The molecule has 0 aromatic carbocycles. The topological polar surface area (TPSA) is 38.5 Å². The molecule has 2 N–H and O–H groups in total. The highest BCUT2D eigenvalue weighted by molar-refractivity contribution is 5.03. The average Bonchev–Trinajstić information content (AvgIpc) is 3.31. The monoisotopic (exact) mass is 266 g/mol. The molecule has 3 nitrogen and oxygen atoms in total. The van der Waals surface area contributed by atoms with Crippen molar-refractivity contribution in [2.45, 2.75) is 62.9 Å². The Morgan fingerprint density at radius 1 is 1.16 bits per heavy atom. The Bertz CT molecular complexity index is 301. The van der Waals surface area contributed by atoms with Crippen molar-refractivity contribution < 1.29 is 4.74 Å². The molecular weight excluding hydrogens is 236 g/mol. The summed E-state index contributed by atoms with van der Waals surface area (Å²) in [6.45, 7) is 2.78. The van der Waals surface area contributed by atoms with Gasteiger partial charge in [-0.05, 0) is 50.4 Å². The zero-order chi connectivity index (χ0) is 13.3. The van der Waals surface area contributed by atoms with Gasteiger partial charge < -0.3 is 10.5 Å². The largest absolute Gasteiger partial charge is 0.383 e. The Labute approximate surface area is 117 Å². The summed E-state index contributed by atoms with van der Waals surface area (Å²) in [4.78, 5) is 2.74. The molecule has 3 aliphatic rings. The highest BCUT2D eigenvalue weighted by Gasteiger charge is 2.48. The van der Waals surface area contributed by atoms with Crippen molar-refractivity contribution in [2.75, 3.05) is 26.8 Å². The normalized spacial score (nSPS) is 35.8. The van der Waals surface area contributed by atoms with Gasteiger partial charge in [-0.15, -0.1) is 0 Å². The second kappa shape index (κ2) is 5.71. The fraction of sp³-hybridized carbons (Fsp3) is 1.00. The van der Waals surface area contributed by atoms with Crippen LogP contribution in [0.2, 0.25) is 0 Å². The summed E-state index contributed by atoms with van der Waals surface area (Å²) < 4.78 is 5.33. The van der Waals surface area contributed by atoms with Crippen molar-refractivity contribution in [3.63, 3.8) is 0 Å². The standard InChI is InChI=1S/C16H30N2O/c1-19-10-9-18(15-6-7-15)16(12-17)8-2-3-14(11-16)13-4-5-13/h13-15H,2-12,17H2,1H3. The molecule has 0 aromatic heterocycles. The van der Waals surface area contributed by atoms with Crippen molar-refractivity contribution in [3.8, 4) is 0 Å². The summed E-state index contributed by atoms with van der Waals surface area (Å²) >= 11 is 0. The van der Waals surface area contributed by atoms with Gasteiger partial charge in [-0.2, -0.15) is 0 Å². The second-order valence-corrected chi connectivity index (χ2v) is 7.04. The molecule has 3 aliphatic carbocycles. The van der Waals surface area contributed by atoms with Crippen molar-refractivity contribution in [1.29, 1.82) is 0 Å². The van der Waals surface area contributed by atoms with Gasteiger partial charge in [0.05, 0.1) is 6.61 Å². The minimum absolute atomic E-state index is 0.297. The van der Waals surface area contributed by atoms with Gasteiger partial charge in [-0.3, -0.25) is 4.90 Å². The maximum atomic E-state index is 6.28. The van der Waals surface area contributed by atoms with Crippen LogP contribution in [-0.2, 0) is 4.74 Å². The fourth-order valence-corrected chi connectivity index (χ4v) is 4.30. The van der Waals surface area contributed by atoms with E-state index >= 15 is 0 Å². The highest BCUT2D eigenvalue weighted by Crippen LogP contribution is 2.49. The lowest BCUT2D eigenvalue weighted by Crippen LogP contribution is -2.58. The van der Waals surface area contributed by atoms with Crippen LogP contribution in [0.4, 0.5) is 0 Å². The van der Waals surface area contributed by atoms with Crippen LogP contribution >= 0.6 is 0 Å². The molecule has 0 heterocycles. The smallest absolute Gasteiger partial charge is 0.0590 e. The lowest BCUT2D eigenvalue weighted by atomic mass is 9.72. The molecule has 110 valence electrons. The van der Waals surface area contributed by atoms with Crippen LogP contribution in [0, 0.1) is 11.8 Å². The van der Waals surface area contributed by atoms with Gasteiger partial charge in [0.1, 0.15) is 0 Å². The molecule has 0 amide bonds. The van der Waals surface area contributed by atoms with Crippen molar-refractivity contribution in [2.24, 2.45) is 17.6 Å². The molecule has 0 saturated heterocycles. The molecule has 3 saturated carbocycles. The maximum Gasteiger partial charge on any atom is 0.0590 e. The summed E-state index contributed by atoms with van der Waals surface area (Å²) in [6, 6.07) is 0.802. The first kappa shape index (κ1) is 13.8. The van der Waals surface area contributed by atoms with E-state index in [0.717, 1.165) is 37.6 Å². The number of ether oxygens (including phenoxy) is 1. The van der Waals surface area contributed by atoms with Gasteiger partial charge in [0.15, 0.2) is 0 Å². The number of nitrogens with two attached hydrogens (primary N) is 1. The van der Waals surface area contributed by atoms with E-state index in [4.69, 9.17) is 10.5 Å². The maximum absolute atomic E-state index is 6.28. The van der Waals surface area contributed by atoms with Crippen molar-refractivity contribution >= 4 is 0 Å².